The van der Waals surface area contributed by atoms with Crippen LogP contribution < -0.4 is 4.74 Å². The largest absolute Gasteiger partial charge is 0.481 e. The number of nitrogens with zero attached hydrogens (tertiary/aromatic N) is 2. The van der Waals surface area contributed by atoms with Gasteiger partial charge in [0.15, 0.2) is 5.69 Å². The van der Waals surface area contributed by atoms with Gasteiger partial charge in [-0.15, -0.1) is 0 Å². The Balaban J connectivity index is 2.29. The number of carboxylic acids is 1. The zero-order valence-corrected chi connectivity index (χ0v) is 10.4. The molecule has 5 nitrogen and oxygen atoms in total. The normalized spacial score (nSPS) is 15.0. The summed E-state index contributed by atoms with van der Waals surface area (Å²) in [5.74, 6) is -0.106. The van der Waals surface area contributed by atoms with Gasteiger partial charge >= 0.3 is 5.97 Å². The first-order chi connectivity index (χ1) is 8.61. The van der Waals surface area contributed by atoms with Gasteiger partial charge in [-0.2, -0.15) is 9.61 Å². The number of hydrogen-bond donors (Lipinski definition) is 1. The third kappa shape index (κ3) is 1.62. The monoisotopic (exact) mass is 266 g/mol. The van der Waals surface area contributed by atoms with Gasteiger partial charge < -0.3 is 9.84 Å². The van der Waals surface area contributed by atoms with Crippen molar-refractivity contribution in [1.82, 2.24) is 9.61 Å². The van der Waals surface area contributed by atoms with Crippen LogP contribution in [0.1, 0.15) is 34.8 Å². The number of carboxylic acid groups (broad SMARTS) is 1. The third-order valence-corrected chi connectivity index (χ3v) is 3.50. The maximum Gasteiger partial charge on any atom is 0.358 e. The first-order valence-electron chi connectivity index (χ1n) is 5.61. The molecule has 1 saturated carbocycles. The maximum absolute atomic E-state index is 11.0. The summed E-state index contributed by atoms with van der Waals surface area (Å²) in [5.41, 5.74) is 1.55. The minimum Gasteiger partial charge on any atom is -0.481 e. The molecule has 0 spiro atoms. The summed E-state index contributed by atoms with van der Waals surface area (Å²) < 4.78 is 6.67. The highest BCUT2D eigenvalue weighted by Gasteiger charge is 2.27. The fourth-order valence-corrected chi connectivity index (χ4v) is 2.30. The molecule has 0 bridgehead atoms. The van der Waals surface area contributed by atoms with Crippen molar-refractivity contribution in [3.63, 3.8) is 0 Å². The molecule has 0 aromatic carbocycles. The summed E-state index contributed by atoms with van der Waals surface area (Å²) in [6.45, 7) is 0. The average molecular weight is 267 g/mol. The van der Waals surface area contributed by atoms with Gasteiger partial charge in [-0.1, -0.05) is 11.6 Å². The lowest BCUT2D eigenvalue weighted by Gasteiger charge is -2.06. The van der Waals surface area contributed by atoms with E-state index in [0.29, 0.717) is 17.3 Å². The second-order valence-corrected chi connectivity index (χ2v) is 4.75. The van der Waals surface area contributed by atoms with E-state index in [0.717, 1.165) is 18.4 Å². The summed E-state index contributed by atoms with van der Waals surface area (Å²) >= 11 is 6.06. The van der Waals surface area contributed by atoms with Crippen molar-refractivity contribution >= 4 is 23.1 Å². The van der Waals surface area contributed by atoms with Crippen molar-refractivity contribution in [2.45, 2.75) is 18.8 Å². The molecule has 0 atom stereocenters. The summed E-state index contributed by atoms with van der Waals surface area (Å²) in [4.78, 5) is 11.0. The average Bonchev–Trinajstić information content (AvgIpc) is 3.14. The molecule has 18 heavy (non-hydrogen) atoms. The lowest BCUT2D eigenvalue weighted by Crippen LogP contribution is -2.00. The molecule has 2 aromatic rings. The van der Waals surface area contributed by atoms with Gasteiger partial charge in [-0.3, -0.25) is 0 Å². The summed E-state index contributed by atoms with van der Waals surface area (Å²) in [6, 6.07) is 3.78. The molecule has 1 N–H and O–H groups in total. The van der Waals surface area contributed by atoms with E-state index in [-0.39, 0.29) is 10.7 Å². The Hall–Kier alpha value is -1.75. The Labute approximate surface area is 108 Å². The van der Waals surface area contributed by atoms with Gasteiger partial charge in [0, 0.05) is 6.07 Å². The maximum atomic E-state index is 11.0. The fraction of sp³-hybridized carbons (Fsp3) is 0.333. The molecule has 2 aromatic heterocycles. The van der Waals surface area contributed by atoms with Crippen molar-refractivity contribution in [2.24, 2.45) is 0 Å². The highest BCUT2D eigenvalue weighted by molar-refractivity contribution is 6.36. The van der Waals surface area contributed by atoms with Crippen molar-refractivity contribution < 1.29 is 14.6 Å². The first-order valence-corrected chi connectivity index (χ1v) is 5.99. The fourth-order valence-electron chi connectivity index (χ4n) is 2.04. The molecular weight excluding hydrogens is 256 g/mol. The van der Waals surface area contributed by atoms with Crippen LogP contribution in [0.15, 0.2) is 12.1 Å². The van der Waals surface area contributed by atoms with Gasteiger partial charge in [-0.25, -0.2) is 4.79 Å². The number of fused-ring (bicyclic) bond motifs is 1. The zero-order valence-electron chi connectivity index (χ0n) is 9.68. The molecule has 0 saturated heterocycles. The van der Waals surface area contributed by atoms with E-state index in [1.54, 1.807) is 0 Å². The number of hydrogen-bond acceptors (Lipinski definition) is 3. The molecule has 6 heteroatoms. The highest BCUT2D eigenvalue weighted by atomic mass is 35.5. The third-order valence-electron chi connectivity index (χ3n) is 3.12. The van der Waals surface area contributed by atoms with Crippen LogP contribution in [0.5, 0.6) is 5.88 Å². The Morgan fingerprint density at radius 3 is 2.83 bits per heavy atom. The van der Waals surface area contributed by atoms with Crippen LogP contribution >= 0.6 is 11.6 Å². The van der Waals surface area contributed by atoms with Crippen LogP contribution in [0.25, 0.3) is 5.52 Å². The number of pyridine rings is 1. The van der Waals surface area contributed by atoms with Crippen molar-refractivity contribution in [2.75, 3.05) is 7.11 Å². The van der Waals surface area contributed by atoms with Crippen LogP contribution in [-0.2, 0) is 0 Å². The predicted octanol–water partition coefficient (Wildman–Crippen LogP) is 2.57. The molecule has 0 radical (unpaired) electrons. The number of aromatic carboxylic acids is 1. The van der Waals surface area contributed by atoms with E-state index in [4.69, 9.17) is 21.4 Å². The van der Waals surface area contributed by atoms with Crippen molar-refractivity contribution in [3.05, 3.63) is 28.4 Å². The van der Waals surface area contributed by atoms with Gasteiger partial charge in [0.05, 0.1) is 12.6 Å². The molecule has 94 valence electrons. The van der Waals surface area contributed by atoms with E-state index >= 15 is 0 Å². The zero-order chi connectivity index (χ0) is 12.9. The smallest absolute Gasteiger partial charge is 0.358 e. The van der Waals surface area contributed by atoms with Crippen LogP contribution in [0.3, 0.4) is 0 Å². The first kappa shape index (κ1) is 11.3. The molecule has 0 unspecified atom stereocenters. The van der Waals surface area contributed by atoms with Gasteiger partial charge in [-0.05, 0) is 30.4 Å². The topological polar surface area (TPSA) is 63.8 Å². The number of halogens is 1. The van der Waals surface area contributed by atoms with Crippen LogP contribution in [0, 0.1) is 0 Å². The van der Waals surface area contributed by atoms with Crippen LogP contribution in [0.4, 0.5) is 0 Å². The molecule has 1 aliphatic rings. The van der Waals surface area contributed by atoms with E-state index in [1.165, 1.54) is 11.6 Å². The highest BCUT2D eigenvalue weighted by Crippen LogP contribution is 2.42. The Morgan fingerprint density at radius 1 is 1.56 bits per heavy atom. The number of carbonyl (C=O) groups is 1. The molecule has 2 heterocycles. The summed E-state index contributed by atoms with van der Waals surface area (Å²) in [5, 5.41) is 13.1. The Kier molecular flexibility index (Phi) is 2.45. The van der Waals surface area contributed by atoms with Gasteiger partial charge in [0.25, 0.3) is 0 Å². The minimum atomic E-state index is -1.14. The quantitative estimate of drug-likeness (QED) is 0.927. The number of rotatable bonds is 3. The number of ether oxygens (including phenoxy) is 1. The van der Waals surface area contributed by atoms with Crippen molar-refractivity contribution in [3.8, 4) is 5.88 Å². The van der Waals surface area contributed by atoms with E-state index < -0.39 is 5.97 Å². The lowest BCUT2D eigenvalue weighted by atomic mass is 10.1. The molecule has 0 amide bonds. The standard InChI is InChI=1S/C12H11ClN2O3/c1-18-9-5-7(6-2-3-6)4-8-10(13)11(12(16)17)14-15(8)9/h4-6H,2-3H2,1H3,(H,16,17). The molecule has 1 aliphatic carbocycles. The van der Waals surface area contributed by atoms with E-state index in [1.807, 2.05) is 12.1 Å². The predicted molar refractivity (Wildman–Crippen MR) is 65.7 cm³/mol. The Morgan fingerprint density at radius 2 is 2.28 bits per heavy atom. The van der Waals surface area contributed by atoms with Crippen molar-refractivity contribution in [1.29, 1.82) is 0 Å². The number of methoxy groups -OCH3 is 1. The molecular formula is C12H11ClN2O3. The molecule has 3 rings (SSSR count). The second kappa shape index (κ2) is 3.88. The van der Waals surface area contributed by atoms with E-state index in [2.05, 4.69) is 5.10 Å². The summed E-state index contributed by atoms with van der Waals surface area (Å²) in [6.07, 6.45) is 2.30. The van der Waals surface area contributed by atoms with Gasteiger partial charge in [0.2, 0.25) is 5.88 Å². The number of aromatic nitrogens is 2. The Bertz CT molecular complexity index is 646. The van der Waals surface area contributed by atoms with Crippen LogP contribution in [-0.4, -0.2) is 27.8 Å². The van der Waals surface area contributed by atoms with E-state index in [9.17, 15) is 4.79 Å². The molecule has 1 fully saturated rings. The summed E-state index contributed by atoms with van der Waals surface area (Å²) in [7, 11) is 1.53. The minimum absolute atomic E-state index is 0.150. The second-order valence-electron chi connectivity index (χ2n) is 4.37. The lowest BCUT2D eigenvalue weighted by molar-refractivity contribution is 0.0690. The SMILES string of the molecule is COc1cc(C2CC2)cc2c(Cl)c(C(=O)O)nn12. The van der Waals surface area contributed by atoms with Gasteiger partial charge in [0.1, 0.15) is 5.02 Å². The van der Waals surface area contributed by atoms with Crippen LogP contribution in [0.2, 0.25) is 5.02 Å². The molecule has 0 aliphatic heterocycles.